The van der Waals surface area contributed by atoms with E-state index in [2.05, 4.69) is 18.9 Å². The lowest BCUT2D eigenvalue weighted by Gasteiger charge is -2.45. The van der Waals surface area contributed by atoms with E-state index in [1.807, 2.05) is 14.0 Å². The summed E-state index contributed by atoms with van der Waals surface area (Å²) < 4.78 is 7.43. The number of aryl methyl sites for hydroxylation is 2. The third-order valence-electron chi connectivity index (χ3n) is 5.13. The number of halogens is 1. The molecule has 0 aliphatic heterocycles. The molecular weight excluding hydrogens is 288 g/mol. The largest absolute Gasteiger partial charge is 0.390 e. The van der Waals surface area contributed by atoms with Crippen LogP contribution in [-0.2, 0) is 18.2 Å². The van der Waals surface area contributed by atoms with Crippen LogP contribution in [0.3, 0.4) is 0 Å². The maximum atomic E-state index is 10.8. The molecule has 1 unspecified atom stereocenters. The van der Waals surface area contributed by atoms with Crippen molar-refractivity contribution in [3.05, 3.63) is 16.4 Å². The van der Waals surface area contributed by atoms with Crippen molar-refractivity contribution in [1.82, 2.24) is 9.78 Å². The highest BCUT2D eigenvalue weighted by molar-refractivity contribution is 6.30. The van der Waals surface area contributed by atoms with Gasteiger partial charge in [0.05, 0.1) is 17.4 Å². The Morgan fingerprint density at radius 3 is 2.33 bits per heavy atom. The van der Waals surface area contributed by atoms with Crippen LogP contribution in [0, 0.1) is 12.3 Å². The first-order valence-corrected chi connectivity index (χ1v) is 8.00. The minimum absolute atomic E-state index is 0.337. The van der Waals surface area contributed by atoms with E-state index in [4.69, 9.17) is 16.3 Å². The van der Waals surface area contributed by atoms with Gasteiger partial charge in [-0.2, -0.15) is 5.10 Å². The monoisotopic (exact) mass is 314 g/mol. The Hall–Kier alpha value is -0.580. The molecule has 1 aliphatic rings. The molecule has 0 radical (unpaired) electrons. The molecule has 1 aliphatic carbocycles. The smallest absolute Gasteiger partial charge is 0.130 e. The third-order valence-corrected chi connectivity index (χ3v) is 5.60. The Labute approximate surface area is 132 Å². The van der Waals surface area contributed by atoms with E-state index in [9.17, 15) is 5.11 Å². The summed E-state index contributed by atoms with van der Waals surface area (Å²) in [6, 6.07) is 0. The summed E-state index contributed by atoms with van der Waals surface area (Å²) in [5.41, 5.74) is 1.68. The molecule has 1 fully saturated rings. The Balaban J connectivity index is 2.16. The fraction of sp³-hybridized carbons (Fsp3) is 0.812. The van der Waals surface area contributed by atoms with Gasteiger partial charge in [0.1, 0.15) is 5.15 Å². The number of aromatic nitrogens is 2. The molecule has 0 spiro atoms. The lowest BCUT2D eigenvalue weighted by atomic mass is 9.68. The maximum Gasteiger partial charge on any atom is 0.130 e. The number of methoxy groups -OCH3 is 1. The fourth-order valence-electron chi connectivity index (χ4n) is 3.31. The highest BCUT2D eigenvalue weighted by Crippen LogP contribution is 2.44. The minimum Gasteiger partial charge on any atom is -0.390 e. The number of nitrogens with zero attached hydrogens (tertiary/aromatic N) is 2. The van der Waals surface area contributed by atoms with Crippen LogP contribution in [0.4, 0.5) is 0 Å². The van der Waals surface area contributed by atoms with Crippen molar-refractivity contribution in [3.8, 4) is 0 Å². The molecule has 0 saturated heterocycles. The van der Waals surface area contributed by atoms with Crippen molar-refractivity contribution >= 4 is 11.6 Å². The van der Waals surface area contributed by atoms with E-state index in [-0.39, 0.29) is 0 Å². The quantitative estimate of drug-likeness (QED) is 0.928. The number of hydrogen-bond donors (Lipinski definition) is 1. The molecule has 0 aromatic carbocycles. The van der Waals surface area contributed by atoms with Crippen LogP contribution >= 0.6 is 11.6 Å². The zero-order valence-electron chi connectivity index (χ0n) is 13.7. The Morgan fingerprint density at radius 2 is 1.90 bits per heavy atom. The molecule has 0 amide bonds. The Bertz CT molecular complexity index is 501. The second-order valence-corrected chi connectivity index (χ2v) is 7.49. The number of ether oxygens (including phenoxy) is 1. The first kappa shape index (κ1) is 16.8. The summed E-state index contributed by atoms with van der Waals surface area (Å²) in [5.74, 6) is 0. The molecule has 2 rings (SSSR count). The van der Waals surface area contributed by atoms with Gasteiger partial charge in [-0.25, -0.2) is 0 Å². The summed E-state index contributed by atoms with van der Waals surface area (Å²) in [5, 5.41) is 15.7. The third kappa shape index (κ3) is 3.27. The summed E-state index contributed by atoms with van der Waals surface area (Å²) in [6.07, 6.45) is 3.84. The van der Waals surface area contributed by atoms with E-state index in [1.165, 1.54) is 0 Å². The van der Waals surface area contributed by atoms with Gasteiger partial charge in [-0.05, 0) is 38.0 Å². The van der Waals surface area contributed by atoms with Gasteiger partial charge in [-0.3, -0.25) is 4.68 Å². The van der Waals surface area contributed by atoms with E-state index in [0.717, 1.165) is 36.9 Å². The summed E-state index contributed by atoms with van der Waals surface area (Å²) in [6.45, 7) is 6.49. The number of aliphatic hydroxyl groups is 1. The van der Waals surface area contributed by atoms with Gasteiger partial charge in [0.15, 0.2) is 0 Å². The molecule has 1 aromatic heterocycles. The molecule has 4 nitrogen and oxygen atoms in total. The van der Waals surface area contributed by atoms with Crippen molar-refractivity contribution in [3.63, 3.8) is 0 Å². The van der Waals surface area contributed by atoms with E-state index >= 15 is 0 Å². The fourth-order valence-corrected chi connectivity index (χ4v) is 3.56. The molecular formula is C16H27ClN2O2. The first-order chi connectivity index (χ1) is 9.71. The Morgan fingerprint density at radius 1 is 1.33 bits per heavy atom. The average molecular weight is 315 g/mol. The minimum atomic E-state index is -0.556. The second kappa shape index (κ2) is 5.90. The molecule has 5 heteroatoms. The van der Waals surface area contributed by atoms with Gasteiger partial charge in [0.25, 0.3) is 0 Å². The summed E-state index contributed by atoms with van der Waals surface area (Å²) in [7, 11) is 3.53. The van der Waals surface area contributed by atoms with Gasteiger partial charge in [-0.15, -0.1) is 0 Å². The lowest BCUT2D eigenvalue weighted by molar-refractivity contribution is -0.135. The molecule has 1 N–H and O–H groups in total. The molecule has 1 aromatic rings. The number of hydrogen-bond acceptors (Lipinski definition) is 3. The van der Waals surface area contributed by atoms with Crippen molar-refractivity contribution in [2.75, 3.05) is 7.11 Å². The number of aliphatic hydroxyl groups excluding tert-OH is 1. The lowest BCUT2D eigenvalue weighted by Crippen LogP contribution is -2.49. The zero-order chi connectivity index (χ0) is 15.8. The SMILES string of the molecule is COC1(C(O)Cc2c(C)nn(C)c2Cl)CCC(C)(C)CC1. The van der Waals surface area contributed by atoms with Crippen molar-refractivity contribution < 1.29 is 9.84 Å². The van der Waals surface area contributed by atoms with Crippen LogP contribution in [0.25, 0.3) is 0 Å². The first-order valence-electron chi connectivity index (χ1n) is 7.62. The normalized spacial score (nSPS) is 22.2. The predicted molar refractivity (Wildman–Crippen MR) is 84.7 cm³/mol. The van der Waals surface area contributed by atoms with Gasteiger partial charge >= 0.3 is 0 Å². The van der Waals surface area contributed by atoms with E-state index in [0.29, 0.717) is 17.0 Å². The van der Waals surface area contributed by atoms with Gasteiger partial charge in [-0.1, -0.05) is 25.4 Å². The van der Waals surface area contributed by atoms with Crippen molar-refractivity contribution in [2.45, 2.75) is 64.6 Å². The van der Waals surface area contributed by atoms with Crippen LogP contribution in [-0.4, -0.2) is 33.7 Å². The molecule has 1 saturated carbocycles. The van der Waals surface area contributed by atoms with Gasteiger partial charge < -0.3 is 9.84 Å². The summed E-state index contributed by atoms with van der Waals surface area (Å²) in [4.78, 5) is 0. The summed E-state index contributed by atoms with van der Waals surface area (Å²) >= 11 is 6.28. The zero-order valence-corrected chi connectivity index (χ0v) is 14.5. The maximum absolute atomic E-state index is 10.8. The van der Waals surface area contributed by atoms with E-state index in [1.54, 1.807) is 11.8 Å². The molecule has 1 atom stereocenters. The average Bonchev–Trinajstić information content (AvgIpc) is 2.66. The topological polar surface area (TPSA) is 47.3 Å². The standard InChI is InChI=1S/C16H27ClN2O2/c1-11-12(14(17)19(4)18-11)10-13(20)16(21-5)8-6-15(2,3)7-9-16/h13,20H,6-10H2,1-5H3. The molecule has 1 heterocycles. The number of rotatable bonds is 4. The highest BCUT2D eigenvalue weighted by atomic mass is 35.5. The molecule has 21 heavy (non-hydrogen) atoms. The highest BCUT2D eigenvalue weighted by Gasteiger charge is 2.44. The van der Waals surface area contributed by atoms with Crippen LogP contribution in [0.5, 0.6) is 0 Å². The molecule has 120 valence electrons. The van der Waals surface area contributed by atoms with Crippen molar-refractivity contribution in [1.29, 1.82) is 0 Å². The van der Waals surface area contributed by atoms with Gasteiger partial charge in [0, 0.05) is 26.1 Å². The second-order valence-electron chi connectivity index (χ2n) is 7.13. The van der Waals surface area contributed by atoms with E-state index < -0.39 is 11.7 Å². The molecule has 0 bridgehead atoms. The van der Waals surface area contributed by atoms with Crippen LogP contribution < -0.4 is 0 Å². The van der Waals surface area contributed by atoms with Crippen LogP contribution in [0.15, 0.2) is 0 Å². The predicted octanol–water partition coefficient (Wildman–Crippen LogP) is 3.27. The van der Waals surface area contributed by atoms with Crippen LogP contribution in [0.2, 0.25) is 5.15 Å². The van der Waals surface area contributed by atoms with Crippen LogP contribution in [0.1, 0.15) is 50.8 Å². The Kier molecular flexibility index (Phi) is 4.72. The van der Waals surface area contributed by atoms with Gasteiger partial charge in [0.2, 0.25) is 0 Å². The van der Waals surface area contributed by atoms with Crippen molar-refractivity contribution in [2.24, 2.45) is 12.5 Å².